The first-order valence-corrected chi connectivity index (χ1v) is 5.53. The normalized spacial score (nSPS) is 14.2. The van der Waals surface area contributed by atoms with E-state index in [1.54, 1.807) is 6.92 Å². The van der Waals surface area contributed by atoms with Gasteiger partial charge in [0.2, 0.25) is 0 Å². The van der Waals surface area contributed by atoms with Gasteiger partial charge in [-0.1, -0.05) is 24.6 Å². The van der Waals surface area contributed by atoms with Crippen molar-refractivity contribution in [2.75, 3.05) is 7.11 Å². The summed E-state index contributed by atoms with van der Waals surface area (Å²) in [6.07, 6.45) is -0.792. The number of benzene rings is 1. The Balaban J connectivity index is 2.77. The first-order valence-electron chi connectivity index (χ1n) is 5.15. The number of aliphatic hydroxyl groups excluding tert-OH is 1. The average molecular weight is 261 g/mol. The molecule has 0 radical (unpaired) electrons. The van der Waals surface area contributed by atoms with Gasteiger partial charge in [-0.05, 0) is 23.6 Å². The van der Waals surface area contributed by atoms with Gasteiger partial charge in [0.25, 0.3) is 0 Å². The number of rotatable bonds is 4. The zero-order chi connectivity index (χ0) is 13.0. The highest BCUT2D eigenvalue weighted by Gasteiger charge is 2.20. The molecule has 5 heteroatoms. The molecule has 1 aromatic carbocycles. The maximum Gasteiger partial charge on any atom is 0.305 e. The number of hydrogen-bond acceptors (Lipinski definition) is 3. The molecule has 1 N–H and O–H groups in total. The van der Waals surface area contributed by atoms with Crippen LogP contribution in [0.3, 0.4) is 0 Å². The molecule has 0 saturated carbocycles. The van der Waals surface area contributed by atoms with E-state index in [1.807, 2.05) is 0 Å². The van der Waals surface area contributed by atoms with E-state index in [2.05, 4.69) is 4.74 Å². The lowest BCUT2D eigenvalue weighted by Crippen LogP contribution is -2.15. The Labute approximate surface area is 104 Å². The van der Waals surface area contributed by atoms with Crippen LogP contribution in [0, 0.1) is 11.7 Å². The summed E-state index contributed by atoms with van der Waals surface area (Å²) >= 11 is 5.62. The number of methoxy groups -OCH3 is 1. The van der Waals surface area contributed by atoms with Crippen LogP contribution in [0.15, 0.2) is 18.2 Å². The van der Waals surface area contributed by atoms with Crippen molar-refractivity contribution in [1.82, 2.24) is 0 Å². The standard InChI is InChI=1S/C12H14ClFO3/c1-7(5-11(15)17-2)12(16)8-3-4-10(14)9(13)6-8/h3-4,6-7,12,16H,5H2,1-2H3. The van der Waals surface area contributed by atoms with E-state index < -0.39 is 17.9 Å². The fourth-order valence-electron chi connectivity index (χ4n) is 1.48. The molecular weight excluding hydrogens is 247 g/mol. The zero-order valence-electron chi connectivity index (χ0n) is 9.61. The van der Waals surface area contributed by atoms with Crippen molar-refractivity contribution in [3.05, 3.63) is 34.6 Å². The Bertz CT molecular complexity index is 409. The molecule has 0 aliphatic heterocycles. The van der Waals surface area contributed by atoms with Gasteiger partial charge in [-0.3, -0.25) is 4.79 Å². The quantitative estimate of drug-likeness (QED) is 0.847. The molecule has 1 rings (SSSR count). The van der Waals surface area contributed by atoms with Gasteiger partial charge in [0.05, 0.1) is 24.7 Å². The van der Waals surface area contributed by atoms with Crippen molar-refractivity contribution >= 4 is 17.6 Å². The molecule has 0 aliphatic rings. The fourth-order valence-corrected chi connectivity index (χ4v) is 1.67. The van der Waals surface area contributed by atoms with Crippen molar-refractivity contribution in [3.8, 4) is 0 Å². The van der Waals surface area contributed by atoms with E-state index in [4.69, 9.17) is 11.6 Å². The minimum absolute atomic E-state index is 0.0492. The molecule has 0 spiro atoms. The van der Waals surface area contributed by atoms with Crippen LogP contribution >= 0.6 is 11.6 Å². The highest BCUT2D eigenvalue weighted by Crippen LogP contribution is 2.27. The highest BCUT2D eigenvalue weighted by molar-refractivity contribution is 6.30. The summed E-state index contributed by atoms with van der Waals surface area (Å²) in [5.41, 5.74) is 0.479. The molecular formula is C12H14ClFO3. The molecule has 0 fully saturated rings. The summed E-state index contributed by atoms with van der Waals surface area (Å²) in [6, 6.07) is 3.99. The molecule has 3 nitrogen and oxygen atoms in total. The second-order valence-electron chi connectivity index (χ2n) is 3.88. The minimum Gasteiger partial charge on any atom is -0.469 e. The highest BCUT2D eigenvalue weighted by atomic mass is 35.5. The van der Waals surface area contributed by atoms with Crippen LogP contribution in [-0.4, -0.2) is 18.2 Å². The van der Waals surface area contributed by atoms with E-state index in [9.17, 15) is 14.3 Å². The number of halogens is 2. The third-order valence-corrected chi connectivity index (χ3v) is 2.83. The maximum atomic E-state index is 12.9. The number of carbonyl (C=O) groups is 1. The van der Waals surface area contributed by atoms with Gasteiger partial charge in [0.15, 0.2) is 0 Å². The molecule has 0 saturated heterocycles. The topological polar surface area (TPSA) is 46.5 Å². The average Bonchev–Trinajstić information content (AvgIpc) is 2.31. The van der Waals surface area contributed by atoms with E-state index in [0.717, 1.165) is 0 Å². The summed E-state index contributed by atoms with van der Waals surface area (Å²) in [5, 5.41) is 9.91. The monoisotopic (exact) mass is 260 g/mol. The number of esters is 1. The molecule has 17 heavy (non-hydrogen) atoms. The fraction of sp³-hybridized carbons (Fsp3) is 0.417. The number of carbonyl (C=O) groups excluding carboxylic acids is 1. The third-order valence-electron chi connectivity index (χ3n) is 2.54. The largest absolute Gasteiger partial charge is 0.469 e. The second-order valence-corrected chi connectivity index (χ2v) is 4.28. The summed E-state index contributed by atoms with van der Waals surface area (Å²) in [7, 11) is 1.29. The van der Waals surface area contributed by atoms with Crippen LogP contribution in [0.4, 0.5) is 4.39 Å². The van der Waals surface area contributed by atoms with Gasteiger partial charge >= 0.3 is 5.97 Å². The smallest absolute Gasteiger partial charge is 0.305 e. The molecule has 94 valence electrons. The van der Waals surface area contributed by atoms with E-state index in [-0.39, 0.29) is 17.4 Å². The lowest BCUT2D eigenvalue weighted by molar-refractivity contribution is -0.142. The summed E-state index contributed by atoms with van der Waals surface area (Å²) in [4.78, 5) is 11.1. The summed E-state index contributed by atoms with van der Waals surface area (Å²) in [5.74, 6) is -1.27. The van der Waals surface area contributed by atoms with Crippen LogP contribution in [0.5, 0.6) is 0 Å². The van der Waals surface area contributed by atoms with Crippen LogP contribution in [0.2, 0.25) is 5.02 Å². The van der Waals surface area contributed by atoms with Crippen LogP contribution in [0.1, 0.15) is 25.0 Å². The lowest BCUT2D eigenvalue weighted by atomic mass is 9.95. The molecule has 0 bridgehead atoms. The zero-order valence-corrected chi connectivity index (χ0v) is 10.4. The summed E-state index contributed by atoms with van der Waals surface area (Å²) < 4.78 is 17.5. The first kappa shape index (κ1) is 13.9. The predicted octanol–water partition coefficient (Wildman–Crippen LogP) is 2.71. The Morgan fingerprint density at radius 2 is 2.24 bits per heavy atom. The van der Waals surface area contributed by atoms with Gasteiger partial charge in [-0.25, -0.2) is 4.39 Å². The van der Waals surface area contributed by atoms with Gasteiger partial charge in [0, 0.05) is 0 Å². The molecule has 0 heterocycles. The number of aliphatic hydroxyl groups is 1. The molecule has 1 aromatic rings. The Morgan fingerprint density at radius 1 is 1.59 bits per heavy atom. The molecule has 0 aromatic heterocycles. The number of ether oxygens (including phenoxy) is 1. The van der Waals surface area contributed by atoms with Crippen LogP contribution in [-0.2, 0) is 9.53 Å². The van der Waals surface area contributed by atoms with Crippen molar-refractivity contribution in [3.63, 3.8) is 0 Å². The van der Waals surface area contributed by atoms with Gasteiger partial charge < -0.3 is 9.84 Å². The molecule has 2 unspecified atom stereocenters. The van der Waals surface area contributed by atoms with Gasteiger partial charge in [-0.2, -0.15) is 0 Å². The number of hydrogen-bond donors (Lipinski definition) is 1. The molecule has 0 amide bonds. The Hall–Kier alpha value is -1.13. The van der Waals surface area contributed by atoms with E-state index in [0.29, 0.717) is 5.56 Å². The minimum atomic E-state index is -0.882. The Kier molecular flexibility index (Phi) is 4.90. The molecule has 0 aliphatic carbocycles. The van der Waals surface area contributed by atoms with Gasteiger partial charge in [-0.15, -0.1) is 0 Å². The first-order chi connectivity index (χ1) is 7.95. The Morgan fingerprint density at radius 3 is 2.76 bits per heavy atom. The van der Waals surface area contributed by atoms with Crippen molar-refractivity contribution < 1.29 is 19.0 Å². The van der Waals surface area contributed by atoms with Gasteiger partial charge in [0.1, 0.15) is 5.82 Å². The van der Waals surface area contributed by atoms with E-state index >= 15 is 0 Å². The van der Waals surface area contributed by atoms with Crippen molar-refractivity contribution in [2.24, 2.45) is 5.92 Å². The van der Waals surface area contributed by atoms with Crippen LogP contribution in [0.25, 0.3) is 0 Å². The third kappa shape index (κ3) is 3.68. The van der Waals surface area contributed by atoms with Crippen molar-refractivity contribution in [2.45, 2.75) is 19.4 Å². The molecule has 2 atom stereocenters. The summed E-state index contributed by atoms with van der Waals surface area (Å²) in [6.45, 7) is 1.71. The van der Waals surface area contributed by atoms with Crippen LogP contribution < -0.4 is 0 Å². The second kappa shape index (κ2) is 5.98. The van der Waals surface area contributed by atoms with E-state index in [1.165, 1.54) is 25.3 Å². The van der Waals surface area contributed by atoms with Crippen molar-refractivity contribution in [1.29, 1.82) is 0 Å². The predicted molar refractivity (Wildman–Crippen MR) is 62.2 cm³/mol. The SMILES string of the molecule is COC(=O)CC(C)C(O)c1ccc(F)c(Cl)c1. The lowest BCUT2D eigenvalue weighted by Gasteiger charge is -2.18. The maximum absolute atomic E-state index is 12.9.